The number of halogens is 1. The highest BCUT2D eigenvalue weighted by Crippen LogP contribution is 2.45. The van der Waals surface area contributed by atoms with Crippen LogP contribution in [0.25, 0.3) is 0 Å². The molecule has 0 spiro atoms. The zero-order valence-electron chi connectivity index (χ0n) is 17.3. The summed E-state index contributed by atoms with van der Waals surface area (Å²) in [5.41, 5.74) is 8.89. The van der Waals surface area contributed by atoms with Crippen LogP contribution >= 0.6 is 15.9 Å². The van der Waals surface area contributed by atoms with Gasteiger partial charge in [-0.25, -0.2) is 0 Å². The summed E-state index contributed by atoms with van der Waals surface area (Å²) in [6.45, 7) is 2.75. The number of hydrogen-bond acceptors (Lipinski definition) is 6. The van der Waals surface area contributed by atoms with Gasteiger partial charge in [0.1, 0.15) is 29.7 Å². The first-order valence-corrected chi connectivity index (χ1v) is 10.8. The molecular formula is C25H21BrN2O4. The van der Waals surface area contributed by atoms with Crippen molar-refractivity contribution in [1.29, 1.82) is 5.26 Å². The van der Waals surface area contributed by atoms with Crippen molar-refractivity contribution in [3.8, 4) is 29.1 Å². The summed E-state index contributed by atoms with van der Waals surface area (Å²) < 4.78 is 18.4. The topological polar surface area (TPSA) is 97.7 Å². The quantitative estimate of drug-likeness (QED) is 0.481. The van der Waals surface area contributed by atoms with E-state index in [2.05, 4.69) is 22.0 Å². The number of rotatable bonds is 6. The first-order valence-electron chi connectivity index (χ1n) is 10.0. The minimum absolute atomic E-state index is 0.0177. The SMILES string of the molecule is CCOc1cc([C@@H]2C(C#N)=C(N)Oc3cc(O)ccc32)ccc1OCc1ccc(Br)cc1. The molecule has 4 rings (SSSR count). The fourth-order valence-corrected chi connectivity index (χ4v) is 3.88. The van der Waals surface area contributed by atoms with Crippen molar-refractivity contribution < 1.29 is 19.3 Å². The summed E-state index contributed by atoms with van der Waals surface area (Å²) in [5.74, 6) is 1.22. The van der Waals surface area contributed by atoms with Gasteiger partial charge in [-0.3, -0.25) is 0 Å². The van der Waals surface area contributed by atoms with Gasteiger partial charge in [0.2, 0.25) is 5.88 Å². The van der Waals surface area contributed by atoms with E-state index in [9.17, 15) is 10.4 Å². The van der Waals surface area contributed by atoms with E-state index < -0.39 is 5.92 Å². The molecule has 162 valence electrons. The van der Waals surface area contributed by atoms with Crippen LogP contribution in [0.1, 0.15) is 29.5 Å². The highest BCUT2D eigenvalue weighted by molar-refractivity contribution is 9.10. The molecule has 0 fully saturated rings. The van der Waals surface area contributed by atoms with Crippen molar-refractivity contribution in [2.24, 2.45) is 5.73 Å². The van der Waals surface area contributed by atoms with E-state index in [4.69, 9.17) is 19.9 Å². The molecule has 3 N–H and O–H groups in total. The molecule has 6 nitrogen and oxygen atoms in total. The van der Waals surface area contributed by atoms with E-state index in [0.717, 1.165) is 21.2 Å². The number of aromatic hydroxyl groups is 1. The van der Waals surface area contributed by atoms with Gasteiger partial charge >= 0.3 is 0 Å². The number of fused-ring (bicyclic) bond motifs is 1. The van der Waals surface area contributed by atoms with Crippen molar-refractivity contribution >= 4 is 15.9 Å². The number of hydrogen-bond donors (Lipinski definition) is 2. The molecule has 0 saturated heterocycles. The Bertz CT molecular complexity index is 1220. The van der Waals surface area contributed by atoms with Crippen LogP contribution in [0.15, 0.2) is 76.6 Å². The van der Waals surface area contributed by atoms with Gasteiger partial charge in [-0.2, -0.15) is 5.26 Å². The van der Waals surface area contributed by atoms with Gasteiger partial charge in [0.15, 0.2) is 11.5 Å². The molecule has 1 aliphatic rings. The lowest BCUT2D eigenvalue weighted by molar-refractivity contribution is 0.269. The van der Waals surface area contributed by atoms with Gasteiger partial charge in [-0.05, 0) is 48.4 Å². The van der Waals surface area contributed by atoms with Gasteiger partial charge in [-0.15, -0.1) is 0 Å². The van der Waals surface area contributed by atoms with Crippen molar-refractivity contribution in [3.63, 3.8) is 0 Å². The number of nitrogens with two attached hydrogens (primary N) is 1. The molecule has 7 heteroatoms. The van der Waals surface area contributed by atoms with Crippen LogP contribution in [0.2, 0.25) is 0 Å². The van der Waals surface area contributed by atoms with E-state index in [0.29, 0.717) is 36.0 Å². The largest absolute Gasteiger partial charge is 0.508 e. The Morgan fingerprint density at radius 2 is 1.84 bits per heavy atom. The van der Waals surface area contributed by atoms with Gasteiger partial charge in [0.05, 0.1) is 12.5 Å². The molecule has 32 heavy (non-hydrogen) atoms. The normalized spacial score (nSPS) is 14.8. The predicted octanol–water partition coefficient (Wildman–Crippen LogP) is 5.35. The van der Waals surface area contributed by atoms with E-state index in [1.54, 1.807) is 12.1 Å². The van der Waals surface area contributed by atoms with Crippen molar-refractivity contribution in [2.45, 2.75) is 19.4 Å². The number of benzene rings is 3. The van der Waals surface area contributed by atoms with Crippen LogP contribution in [0.5, 0.6) is 23.0 Å². The zero-order valence-corrected chi connectivity index (χ0v) is 18.9. The van der Waals surface area contributed by atoms with Crippen molar-refractivity contribution in [1.82, 2.24) is 0 Å². The second-order valence-electron chi connectivity index (χ2n) is 7.20. The van der Waals surface area contributed by atoms with Crippen LogP contribution in [-0.2, 0) is 6.61 Å². The third kappa shape index (κ3) is 4.36. The third-order valence-corrected chi connectivity index (χ3v) is 5.64. The number of ether oxygens (including phenoxy) is 3. The molecule has 0 unspecified atom stereocenters. The summed E-state index contributed by atoms with van der Waals surface area (Å²) in [4.78, 5) is 0. The first-order chi connectivity index (χ1) is 15.5. The highest BCUT2D eigenvalue weighted by atomic mass is 79.9. The lowest BCUT2D eigenvalue weighted by Crippen LogP contribution is -2.21. The molecule has 3 aromatic carbocycles. The number of phenolic OH excluding ortho intramolecular Hbond substituents is 1. The Labute approximate surface area is 194 Å². The summed E-state index contributed by atoms with van der Waals surface area (Å²) >= 11 is 3.43. The zero-order chi connectivity index (χ0) is 22.7. The van der Waals surface area contributed by atoms with Crippen LogP contribution in [0.4, 0.5) is 0 Å². The molecule has 0 saturated carbocycles. The Morgan fingerprint density at radius 3 is 2.56 bits per heavy atom. The Hall–Kier alpha value is -3.63. The molecule has 0 bridgehead atoms. The van der Waals surface area contributed by atoms with Crippen LogP contribution in [0, 0.1) is 11.3 Å². The molecule has 3 aromatic rings. The maximum absolute atomic E-state index is 9.83. The Balaban J connectivity index is 1.70. The number of nitrogens with zero attached hydrogens (tertiary/aromatic N) is 1. The van der Waals surface area contributed by atoms with E-state index in [-0.39, 0.29) is 11.6 Å². The summed E-state index contributed by atoms with van der Waals surface area (Å²) in [5, 5.41) is 19.6. The summed E-state index contributed by atoms with van der Waals surface area (Å²) in [6.07, 6.45) is 0. The van der Waals surface area contributed by atoms with E-state index in [1.807, 2.05) is 49.4 Å². The van der Waals surface area contributed by atoms with E-state index in [1.165, 1.54) is 6.07 Å². The third-order valence-electron chi connectivity index (χ3n) is 5.11. The van der Waals surface area contributed by atoms with Gasteiger partial charge in [0.25, 0.3) is 0 Å². The first kappa shape index (κ1) is 21.6. The minimum atomic E-state index is -0.455. The molecular weight excluding hydrogens is 472 g/mol. The molecule has 1 atom stereocenters. The van der Waals surface area contributed by atoms with E-state index >= 15 is 0 Å². The minimum Gasteiger partial charge on any atom is -0.508 e. The average Bonchev–Trinajstić information content (AvgIpc) is 2.78. The molecule has 0 aromatic heterocycles. The molecule has 0 amide bonds. The van der Waals surface area contributed by atoms with Gasteiger partial charge < -0.3 is 25.1 Å². The monoisotopic (exact) mass is 492 g/mol. The summed E-state index contributed by atoms with van der Waals surface area (Å²) in [6, 6.07) is 20.4. The fourth-order valence-electron chi connectivity index (χ4n) is 3.62. The van der Waals surface area contributed by atoms with Crippen LogP contribution in [0.3, 0.4) is 0 Å². The average molecular weight is 493 g/mol. The number of nitriles is 1. The van der Waals surface area contributed by atoms with Crippen molar-refractivity contribution in [2.75, 3.05) is 6.61 Å². The maximum Gasteiger partial charge on any atom is 0.205 e. The second kappa shape index (κ2) is 9.25. The Morgan fingerprint density at radius 1 is 1.06 bits per heavy atom. The fraction of sp³-hybridized carbons (Fsp3) is 0.160. The molecule has 1 aliphatic heterocycles. The van der Waals surface area contributed by atoms with Gasteiger partial charge in [-0.1, -0.05) is 40.2 Å². The smallest absolute Gasteiger partial charge is 0.205 e. The highest BCUT2D eigenvalue weighted by Gasteiger charge is 2.31. The van der Waals surface area contributed by atoms with Crippen LogP contribution < -0.4 is 19.9 Å². The standard InChI is InChI=1S/C25H21BrN2O4/c1-2-30-23-11-16(5-10-21(23)31-14-15-3-6-17(26)7-4-15)24-19-9-8-18(29)12-22(19)32-25(28)20(24)13-27/h3-12,24,29H,2,14,28H2,1H3/t24-/m0/s1. The molecule has 0 radical (unpaired) electrons. The lowest BCUT2D eigenvalue weighted by Gasteiger charge is -2.27. The summed E-state index contributed by atoms with van der Waals surface area (Å²) in [7, 11) is 0. The maximum atomic E-state index is 9.83. The lowest BCUT2D eigenvalue weighted by atomic mass is 9.83. The number of phenols is 1. The molecule has 0 aliphatic carbocycles. The van der Waals surface area contributed by atoms with Crippen LogP contribution in [-0.4, -0.2) is 11.7 Å². The molecule has 1 heterocycles. The predicted molar refractivity (Wildman–Crippen MR) is 123 cm³/mol. The Kier molecular flexibility index (Phi) is 6.24. The number of allylic oxidation sites excluding steroid dienone is 1. The van der Waals surface area contributed by atoms with Crippen molar-refractivity contribution in [3.05, 3.63) is 93.3 Å². The van der Waals surface area contributed by atoms with Gasteiger partial charge in [0, 0.05) is 16.1 Å². The second-order valence-corrected chi connectivity index (χ2v) is 8.12.